The predicted octanol–water partition coefficient (Wildman–Crippen LogP) is 2.88. The molecule has 0 radical (unpaired) electrons. The number of ether oxygens (including phenoxy) is 1. The maximum atomic E-state index is 13.8. The summed E-state index contributed by atoms with van der Waals surface area (Å²) in [7, 11) is 1.56. The number of rotatable bonds is 4. The molecule has 16 heavy (non-hydrogen) atoms. The van der Waals surface area contributed by atoms with Crippen LogP contribution in [0.3, 0.4) is 0 Å². The monoisotopic (exact) mass is 287 g/mol. The van der Waals surface area contributed by atoms with E-state index >= 15 is 0 Å². The van der Waals surface area contributed by atoms with E-state index in [2.05, 4.69) is 15.9 Å². The predicted molar refractivity (Wildman–Crippen MR) is 65.1 cm³/mol. The average molecular weight is 288 g/mol. The Labute approximate surface area is 103 Å². The molecule has 4 heteroatoms. The van der Waals surface area contributed by atoms with Gasteiger partial charge in [-0.05, 0) is 43.4 Å². The van der Waals surface area contributed by atoms with Crippen molar-refractivity contribution in [3.63, 3.8) is 0 Å². The summed E-state index contributed by atoms with van der Waals surface area (Å²) in [5.41, 5.74) is 6.48. The minimum Gasteiger partial charge on any atom is -0.496 e. The van der Waals surface area contributed by atoms with Crippen molar-refractivity contribution >= 4 is 15.9 Å². The molecule has 2 nitrogen and oxygen atoms in total. The van der Waals surface area contributed by atoms with Crippen molar-refractivity contribution in [3.8, 4) is 5.75 Å². The van der Waals surface area contributed by atoms with Crippen LogP contribution in [0.1, 0.15) is 18.4 Å². The van der Waals surface area contributed by atoms with Crippen molar-refractivity contribution in [2.24, 2.45) is 11.1 Å². The van der Waals surface area contributed by atoms with Gasteiger partial charge in [0.25, 0.3) is 0 Å². The van der Waals surface area contributed by atoms with Gasteiger partial charge < -0.3 is 10.5 Å². The molecule has 0 amide bonds. The Bertz CT molecular complexity index is 404. The van der Waals surface area contributed by atoms with Crippen molar-refractivity contribution in [2.45, 2.75) is 19.3 Å². The molecule has 1 aliphatic carbocycles. The molecule has 1 aromatic carbocycles. The fraction of sp³-hybridized carbons (Fsp3) is 0.500. The van der Waals surface area contributed by atoms with Gasteiger partial charge in [-0.1, -0.05) is 15.9 Å². The highest BCUT2D eigenvalue weighted by Crippen LogP contribution is 2.49. The molecule has 1 aliphatic rings. The van der Waals surface area contributed by atoms with Crippen molar-refractivity contribution in [1.82, 2.24) is 0 Å². The molecule has 0 spiro atoms. The van der Waals surface area contributed by atoms with Gasteiger partial charge in [-0.2, -0.15) is 0 Å². The highest BCUT2D eigenvalue weighted by molar-refractivity contribution is 9.10. The van der Waals surface area contributed by atoms with Gasteiger partial charge in [0, 0.05) is 10.0 Å². The van der Waals surface area contributed by atoms with E-state index in [4.69, 9.17) is 10.5 Å². The van der Waals surface area contributed by atoms with Crippen molar-refractivity contribution < 1.29 is 9.13 Å². The summed E-state index contributed by atoms with van der Waals surface area (Å²) in [5, 5.41) is 0. The molecule has 2 N–H and O–H groups in total. The first-order valence-corrected chi connectivity index (χ1v) is 6.11. The van der Waals surface area contributed by atoms with Crippen LogP contribution in [0.5, 0.6) is 5.75 Å². The molecule has 1 aromatic rings. The second-order valence-corrected chi connectivity index (χ2v) is 5.37. The van der Waals surface area contributed by atoms with Crippen molar-refractivity contribution in [1.29, 1.82) is 0 Å². The molecule has 0 bridgehead atoms. The Balaban J connectivity index is 2.32. The number of halogens is 2. The zero-order chi connectivity index (χ0) is 11.8. The maximum absolute atomic E-state index is 13.8. The smallest absolute Gasteiger partial charge is 0.131 e. The standard InChI is InChI=1S/C12H15BrFNO/c1-16-11-5-8(13)4-10(14)9(11)6-12(7-15)2-3-12/h4-5H,2-3,6-7,15H2,1H3. The molecule has 88 valence electrons. The Morgan fingerprint density at radius 2 is 2.19 bits per heavy atom. The summed E-state index contributed by atoms with van der Waals surface area (Å²) in [6.07, 6.45) is 2.84. The fourth-order valence-electron chi connectivity index (χ4n) is 1.94. The molecule has 0 atom stereocenters. The highest BCUT2D eigenvalue weighted by atomic mass is 79.9. The van der Waals surface area contributed by atoms with E-state index in [0.717, 1.165) is 12.8 Å². The molecular weight excluding hydrogens is 273 g/mol. The fourth-order valence-corrected chi connectivity index (χ4v) is 2.35. The first kappa shape index (κ1) is 11.9. The molecule has 0 heterocycles. The number of methoxy groups -OCH3 is 1. The lowest BCUT2D eigenvalue weighted by Gasteiger charge is -2.16. The summed E-state index contributed by atoms with van der Waals surface area (Å²) in [4.78, 5) is 0. The maximum Gasteiger partial charge on any atom is 0.131 e. The van der Waals surface area contributed by atoms with E-state index in [-0.39, 0.29) is 11.2 Å². The molecule has 1 saturated carbocycles. The molecular formula is C12H15BrFNO. The van der Waals surface area contributed by atoms with Gasteiger partial charge in [-0.15, -0.1) is 0 Å². The van der Waals surface area contributed by atoms with Crippen LogP contribution in [0, 0.1) is 11.2 Å². The van der Waals surface area contributed by atoms with Crippen LogP contribution in [0.15, 0.2) is 16.6 Å². The summed E-state index contributed by atoms with van der Waals surface area (Å²) >= 11 is 3.26. The van der Waals surface area contributed by atoms with E-state index in [1.165, 1.54) is 6.07 Å². The Hall–Kier alpha value is -0.610. The van der Waals surface area contributed by atoms with Gasteiger partial charge in [-0.3, -0.25) is 0 Å². The summed E-state index contributed by atoms with van der Waals surface area (Å²) in [6, 6.07) is 3.27. The average Bonchev–Trinajstić information content (AvgIpc) is 3.02. The first-order chi connectivity index (χ1) is 7.60. The van der Waals surface area contributed by atoms with Gasteiger partial charge in [0.1, 0.15) is 11.6 Å². The lowest BCUT2D eigenvalue weighted by atomic mass is 9.95. The molecule has 0 aromatic heterocycles. The van der Waals surface area contributed by atoms with Crippen LogP contribution in [0.2, 0.25) is 0 Å². The van der Waals surface area contributed by atoms with E-state index in [1.807, 2.05) is 0 Å². The Morgan fingerprint density at radius 1 is 1.50 bits per heavy atom. The molecule has 1 fully saturated rings. The van der Waals surface area contributed by atoms with Crippen LogP contribution in [-0.2, 0) is 6.42 Å². The number of benzene rings is 1. The topological polar surface area (TPSA) is 35.2 Å². The van der Waals surface area contributed by atoms with Gasteiger partial charge in [0.2, 0.25) is 0 Å². The van der Waals surface area contributed by atoms with E-state index in [1.54, 1.807) is 13.2 Å². The Kier molecular flexibility index (Phi) is 3.22. The zero-order valence-corrected chi connectivity index (χ0v) is 10.8. The van der Waals surface area contributed by atoms with E-state index < -0.39 is 0 Å². The van der Waals surface area contributed by atoms with Crippen LogP contribution in [-0.4, -0.2) is 13.7 Å². The number of nitrogens with two attached hydrogens (primary N) is 1. The van der Waals surface area contributed by atoms with Crippen molar-refractivity contribution in [2.75, 3.05) is 13.7 Å². The summed E-state index contributed by atoms with van der Waals surface area (Å²) in [5.74, 6) is 0.387. The largest absolute Gasteiger partial charge is 0.496 e. The molecule has 0 aliphatic heterocycles. The highest BCUT2D eigenvalue weighted by Gasteiger charge is 2.42. The normalized spacial score (nSPS) is 17.2. The van der Waals surface area contributed by atoms with Crippen LogP contribution in [0.25, 0.3) is 0 Å². The van der Waals surface area contributed by atoms with Crippen LogP contribution >= 0.6 is 15.9 Å². The van der Waals surface area contributed by atoms with Gasteiger partial charge in [0.15, 0.2) is 0 Å². The Morgan fingerprint density at radius 3 is 2.69 bits per heavy atom. The van der Waals surface area contributed by atoms with Gasteiger partial charge >= 0.3 is 0 Å². The summed E-state index contributed by atoms with van der Waals surface area (Å²) < 4.78 is 19.8. The van der Waals surface area contributed by atoms with Crippen molar-refractivity contribution in [3.05, 3.63) is 28.0 Å². The van der Waals surface area contributed by atoms with Crippen LogP contribution in [0.4, 0.5) is 4.39 Å². The molecule has 2 rings (SSSR count). The second-order valence-electron chi connectivity index (χ2n) is 4.45. The molecule has 0 unspecified atom stereocenters. The minimum absolute atomic E-state index is 0.113. The van der Waals surface area contributed by atoms with Gasteiger partial charge in [0.05, 0.1) is 7.11 Å². The lowest BCUT2D eigenvalue weighted by Crippen LogP contribution is -2.19. The van der Waals surface area contributed by atoms with E-state index in [0.29, 0.717) is 28.8 Å². The minimum atomic E-state index is -0.217. The third-order valence-corrected chi connectivity index (χ3v) is 3.74. The van der Waals surface area contributed by atoms with Crippen LogP contribution < -0.4 is 10.5 Å². The third-order valence-electron chi connectivity index (χ3n) is 3.28. The lowest BCUT2D eigenvalue weighted by molar-refractivity contribution is 0.394. The second kappa shape index (κ2) is 4.34. The number of hydrogen-bond donors (Lipinski definition) is 1. The van der Waals surface area contributed by atoms with E-state index in [9.17, 15) is 4.39 Å². The first-order valence-electron chi connectivity index (χ1n) is 5.32. The van der Waals surface area contributed by atoms with Gasteiger partial charge in [-0.25, -0.2) is 4.39 Å². The molecule has 0 saturated heterocycles. The third kappa shape index (κ3) is 2.23. The SMILES string of the molecule is COc1cc(Br)cc(F)c1CC1(CN)CC1. The number of hydrogen-bond acceptors (Lipinski definition) is 2. The zero-order valence-electron chi connectivity index (χ0n) is 9.22. The summed E-state index contributed by atoms with van der Waals surface area (Å²) in [6.45, 7) is 0.617. The quantitative estimate of drug-likeness (QED) is 0.924.